The zero-order valence-corrected chi connectivity index (χ0v) is 13.9. The lowest BCUT2D eigenvalue weighted by Gasteiger charge is -2.12. The van der Waals surface area contributed by atoms with E-state index in [9.17, 15) is 9.18 Å². The molecule has 2 rings (SSSR count). The number of nitrogens with two attached hydrogens (primary N) is 1. The van der Waals surface area contributed by atoms with Crippen molar-refractivity contribution in [2.75, 3.05) is 24.8 Å². The van der Waals surface area contributed by atoms with Crippen LogP contribution in [0.25, 0.3) is 0 Å². The molecular formula is C17H20FN3O3. The van der Waals surface area contributed by atoms with Crippen molar-refractivity contribution >= 4 is 17.4 Å². The fourth-order valence-corrected chi connectivity index (χ4v) is 2.20. The Morgan fingerprint density at radius 1 is 1.42 bits per heavy atom. The molecule has 0 unspecified atom stereocenters. The molecule has 0 aliphatic carbocycles. The molecular weight excluding hydrogens is 313 g/mol. The number of hydrogen-bond donors (Lipinski definition) is 2. The van der Waals surface area contributed by atoms with E-state index in [1.807, 2.05) is 0 Å². The lowest BCUT2D eigenvalue weighted by molar-refractivity contribution is 0.102. The Morgan fingerprint density at radius 3 is 2.83 bits per heavy atom. The SMILES string of the molecule is CCOc1cccc(NC(=O)c2cc(C)c(COC)nc2N)c1F. The second kappa shape index (κ2) is 7.74. The average molecular weight is 333 g/mol. The van der Waals surface area contributed by atoms with Crippen molar-refractivity contribution in [3.8, 4) is 5.75 Å². The van der Waals surface area contributed by atoms with Crippen LogP contribution in [-0.2, 0) is 11.3 Å². The summed E-state index contributed by atoms with van der Waals surface area (Å²) in [6.07, 6.45) is 0. The van der Waals surface area contributed by atoms with Crippen LogP contribution in [0, 0.1) is 12.7 Å². The Morgan fingerprint density at radius 2 is 2.17 bits per heavy atom. The fraction of sp³-hybridized carbons (Fsp3) is 0.294. The molecule has 0 bridgehead atoms. The summed E-state index contributed by atoms with van der Waals surface area (Å²) in [5.41, 5.74) is 7.45. The summed E-state index contributed by atoms with van der Waals surface area (Å²) in [4.78, 5) is 16.6. The summed E-state index contributed by atoms with van der Waals surface area (Å²) < 4.78 is 24.5. The van der Waals surface area contributed by atoms with Gasteiger partial charge in [-0.3, -0.25) is 4.79 Å². The summed E-state index contributed by atoms with van der Waals surface area (Å²) in [6, 6.07) is 6.15. The Balaban J connectivity index is 2.27. The zero-order valence-electron chi connectivity index (χ0n) is 13.9. The van der Waals surface area contributed by atoms with Crippen molar-refractivity contribution in [1.82, 2.24) is 4.98 Å². The maximum Gasteiger partial charge on any atom is 0.259 e. The van der Waals surface area contributed by atoms with E-state index < -0.39 is 11.7 Å². The van der Waals surface area contributed by atoms with Crippen LogP contribution < -0.4 is 15.8 Å². The van der Waals surface area contributed by atoms with E-state index in [4.69, 9.17) is 15.2 Å². The molecule has 3 N–H and O–H groups in total. The summed E-state index contributed by atoms with van der Waals surface area (Å²) in [5, 5.41) is 2.50. The van der Waals surface area contributed by atoms with Crippen molar-refractivity contribution in [2.24, 2.45) is 0 Å². The first-order valence-electron chi connectivity index (χ1n) is 7.45. The van der Waals surface area contributed by atoms with Gasteiger partial charge in [0.15, 0.2) is 11.6 Å². The van der Waals surface area contributed by atoms with E-state index in [2.05, 4.69) is 10.3 Å². The van der Waals surface area contributed by atoms with Gasteiger partial charge in [-0.05, 0) is 37.6 Å². The topological polar surface area (TPSA) is 86.5 Å². The number of nitrogen functional groups attached to an aromatic ring is 1. The lowest BCUT2D eigenvalue weighted by atomic mass is 10.1. The van der Waals surface area contributed by atoms with Gasteiger partial charge in [-0.1, -0.05) is 6.07 Å². The Kier molecular flexibility index (Phi) is 5.70. The standard InChI is InChI=1S/C17H20FN3O3/c1-4-24-14-7-5-6-12(15(14)18)21-17(22)11-8-10(2)13(9-23-3)20-16(11)19/h5-8H,4,9H2,1-3H3,(H2,19,20)(H,21,22). The van der Waals surface area contributed by atoms with Gasteiger partial charge in [-0.15, -0.1) is 0 Å². The average Bonchev–Trinajstić information content (AvgIpc) is 2.54. The highest BCUT2D eigenvalue weighted by Gasteiger charge is 2.17. The molecule has 128 valence electrons. The van der Waals surface area contributed by atoms with Crippen molar-refractivity contribution in [2.45, 2.75) is 20.5 Å². The van der Waals surface area contributed by atoms with Crippen LogP contribution >= 0.6 is 0 Å². The van der Waals surface area contributed by atoms with E-state index >= 15 is 0 Å². The molecule has 1 aromatic carbocycles. The van der Waals surface area contributed by atoms with Gasteiger partial charge in [0.1, 0.15) is 5.82 Å². The molecule has 0 radical (unpaired) electrons. The number of methoxy groups -OCH3 is 1. The van der Waals surface area contributed by atoms with Crippen LogP contribution in [0.5, 0.6) is 5.75 Å². The number of benzene rings is 1. The number of rotatable bonds is 6. The molecule has 24 heavy (non-hydrogen) atoms. The van der Waals surface area contributed by atoms with E-state index in [1.165, 1.54) is 12.1 Å². The maximum absolute atomic E-state index is 14.3. The van der Waals surface area contributed by atoms with Crippen LogP contribution in [0.1, 0.15) is 28.5 Å². The maximum atomic E-state index is 14.3. The number of halogens is 1. The highest BCUT2D eigenvalue weighted by Crippen LogP contribution is 2.25. The van der Waals surface area contributed by atoms with Gasteiger partial charge in [0.2, 0.25) is 0 Å². The Hall–Kier alpha value is -2.67. The second-order valence-corrected chi connectivity index (χ2v) is 5.12. The first-order valence-corrected chi connectivity index (χ1v) is 7.45. The first kappa shape index (κ1) is 17.7. The number of aryl methyl sites for hydroxylation is 1. The number of anilines is 2. The van der Waals surface area contributed by atoms with Crippen LogP contribution in [0.2, 0.25) is 0 Å². The molecule has 0 atom stereocenters. The number of nitrogens with zero attached hydrogens (tertiary/aromatic N) is 1. The minimum atomic E-state index is -0.632. The molecule has 0 spiro atoms. The summed E-state index contributed by atoms with van der Waals surface area (Å²) in [6.45, 7) is 4.17. The normalized spacial score (nSPS) is 10.5. The number of amides is 1. The fourth-order valence-electron chi connectivity index (χ4n) is 2.20. The third-order valence-corrected chi connectivity index (χ3v) is 3.38. The number of hydrogen-bond acceptors (Lipinski definition) is 5. The van der Waals surface area contributed by atoms with E-state index in [0.29, 0.717) is 18.9 Å². The van der Waals surface area contributed by atoms with Crippen molar-refractivity contribution in [3.63, 3.8) is 0 Å². The van der Waals surface area contributed by atoms with Crippen LogP contribution in [-0.4, -0.2) is 24.6 Å². The number of carbonyl (C=O) groups excluding carboxylic acids is 1. The highest BCUT2D eigenvalue weighted by atomic mass is 19.1. The van der Waals surface area contributed by atoms with Crippen LogP contribution in [0.4, 0.5) is 15.9 Å². The molecule has 1 heterocycles. The Bertz CT molecular complexity index is 750. The van der Waals surface area contributed by atoms with E-state index in [0.717, 1.165) is 5.56 Å². The summed E-state index contributed by atoms with van der Waals surface area (Å²) >= 11 is 0. The Labute approximate surface area is 139 Å². The van der Waals surface area contributed by atoms with Gasteiger partial charge < -0.3 is 20.5 Å². The van der Waals surface area contributed by atoms with Gasteiger partial charge in [-0.25, -0.2) is 9.37 Å². The lowest BCUT2D eigenvalue weighted by Crippen LogP contribution is -2.17. The van der Waals surface area contributed by atoms with Gasteiger partial charge in [-0.2, -0.15) is 0 Å². The number of pyridine rings is 1. The largest absolute Gasteiger partial charge is 0.491 e. The van der Waals surface area contributed by atoms with Crippen molar-refractivity contribution < 1.29 is 18.7 Å². The molecule has 1 amide bonds. The van der Waals surface area contributed by atoms with Crippen LogP contribution in [0.3, 0.4) is 0 Å². The molecule has 0 aliphatic heterocycles. The monoisotopic (exact) mass is 333 g/mol. The molecule has 6 nitrogen and oxygen atoms in total. The molecule has 0 fully saturated rings. The number of carbonyl (C=O) groups is 1. The second-order valence-electron chi connectivity index (χ2n) is 5.12. The molecule has 0 saturated carbocycles. The van der Waals surface area contributed by atoms with E-state index in [-0.39, 0.29) is 22.8 Å². The quantitative estimate of drug-likeness (QED) is 0.849. The van der Waals surface area contributed by atoms with Crippen LogP contribution in [0.15, 0.2) is 24.3 Å². The van der Waals surface area contributed by atoms with E-state index in [1.54, 1.807) is 33.1 Å². The van der Waals surface area contributed by atoms with Gasteiger partial charge in [0, 0.05) is 7.11 Å². The van der Waals surface area contributed by atoms with Crippen molar-refractivity contribution in [3.05, 3.63) is 46.9 Å². The minimum absolute atomic E-state index is 0.0176. The molecule has 0 aliphatic rings. The smallest absolute Gasteiger partial charge is 0.259 e. The number of aromatic nitrogens is 1. The molecule has 2 aromatic rings. The highest BCUT2D eigenvalue weighted by molar-refractivity contribution is 6.07. The zero-order chi connectivity index (χ0) is 17.7. The van der Waals surface area contributed by atoms with Gasteiger partial charge >= 0.3 is 0 Å². The molecule has 0 saturated heterocycles. The minimum Gasteiger partial charge on any atom is -0.491 e. The molecule has 1 aromatic heterocycles. The third kappa shape index (κ3) is 3.80. The number of nitrogens with one attached hydrogen (secondary N) is 1. The van der Waals surface area contributed by atoms with Gasteiger partial charge in [0.05, 0.1) is 30.2 Å². The summed E-state index contributed by atoms with van der Waals surface area (Å²) in [7, 11) is 1.55. The number of ether oxygens (including phenoxy) is 2. The summed E-state index contributed by atoms with van der Waals surface area (Å²) in [5.74, 6) is -1.04. The van der Waals surface area contributed by atoms with Gasteiger partial charge in [0.25, 0.3) is 5.91 Å². The predicted octanol–water partition coefficient (Wildman–Crippen LogP) is 2.91. The third-order valence-electron chi connectivity index (χ3n) is 3.38. The first-order chi connectivity index (χ1) is 11.5. The predicted molar refractivity (Wildman–Crippen MR) is 89.6 cm³/mol. The molecule has 7 heteroatoms. The van der Waals surface area contributed by atoms with Crippen molar-refractivity contribution in [1.29, 1.82) is 0 Å².